The van der Waals surface area contributed by atoms with E-state index >= 15 is 0 Å². The van der Waals surface area contributed by atoms with Crippen molar-refractivity contribution >= 4 is 27.3 Å². The molecule has 1 aromatic heterocycles. The molecule has 0 saturated heterocycles. The van der Waals surface area contributed by atoms with Gasteiger partial charge in [-0.3, -0.25) is 0 Å². The molecule has 0 spiro atoms. The molecule has 0 aliphatic carbocycles. The Morgan fingerprint density at radius 1 is 1.24 bits per heavy atom. The van der Waals surface area contributed by atoms with Gasteiger partial charge in [0.15, 0.2) is 0 Å². The summed E-state index contributed by atoms with van der Waals surface area (Å²) in [5, 5.41) is 2.97. The Labute approximate surface area is 132 Å². The SMILES string of the molecule is CNC(c1ccc(F)c(C(F)(F)F)c1)c1cc(Br)c(C)s1. The standard InChI is InChI=1S/C14H12BrF4NS/c1-7-10(15)6-12(21-7)13(20-2)8-3-4-11(16)9(5-8)14(17,18)19/h3-6,13,20H,1-2H3. The van der Waals surface area contributed by atoms with Crippen LogP contribution in [0, 0.1) is 12.7 Å². The lowest BCUT2D eigenvalue weighted by Gasteiger charge is -2.17. The lowest BCUT2D eigenvalue weighted by atomic mass is 10.0. The molecular weight excluding hydrogens is 370 g/mol. The molecule has 0 radical (unpaired) electrons. The van der Waals surface area contributed by atoms with Gasteiger partial charge in [-0.25, -0.2) is 4.39 Å². The highest BCUT2D eigenvalue weighted by molar-refractivity contribution is 9.10. The molecule has 1 atom stereocenters. The fourth-order valence-corrected chi connectivity index (χ4v) is 3.74. The summed E-state index contributed by atoms with van der Waals surface area (Å²) in [5.74, 6) is -1.26. The summed E-state index contributed by atoms with van der Waals surface area (Å²) in [6.45, 7) is 1.91. The topological polar surface area (TPSA) is 12.0 Å². The van der Waals surface area contributed by atoms with Crippen LogP contribution in [-0.2, 0) is 6.18 Å². The van der Waals surface area contributed by atoms with Gasteiger partial charge in [-0.2, -0.15) is 13.2 Å². The van der Waals surface area contributed by atoms with Gasteiger partial charge in [0.05, 0.1) is 11.6 Å². The minimum Gasteiger partial charge on any atom is -0.309 e. The van der Waals surface area contributed by atoms with Crippen molar-refractivity contribution in [2.24, 2.45) is 0 Å². The van der Waals surface area contributed by atoms with E-state index in [1.807, 2.05) is 13.0 Å². The Morgan fingerprint density at radius 2 is 1.90 bits per heavy atom. The maximum atomic E-state index is 13.4. The number of halogens is 5. The van der Waals surface area contributed by atoms with Crippen molar-refractivity contribution in [2.75, 3.05) is 7.05 Å². The van der Waals surface area contributed by atoms with E-state index in [2.05, 4.69) is 21.2 Å². The molecule has 0 fully saturated rings. The number of rotatable bonds is 3. The van der Waals surface area contributed by atoms with Crippen LogP contribution in [0.3, 0.4) is 0 Å². The first-order valence-electron chi connectivity index (χ1n) is 6.03. The van der Waals surface area contributed by atoms with Crippen molar-refractivity contribution in [2.45, 2.75) is 19.1 Å². The monoisotopic (exact) mass is 381 g/mol. The van der Waals surface area contributed by atoms with Gasteiger partial charge >= 0.3 is 6.18 Å². The van der Waals surface area contributed by atoms with Gasteiger partial charge in [0.2, 0.25) is 0 Å². The highest BCUT2D eigenvalue weighted by Crippen LogP contribution is 2.37. The molecule has 0 amide bonds. The van der Waals surface area contributed by atoms with Crippen LogP contribution in [0.2, 0.25) is 0 Å². The number of benzene rings is 1. The zero-order valence-electron chi connectivity index (χ0n) is 11.2. The van der Waals surface area contributed by atoms with E-state index < -0.39 is 23.6 Å². The molecule has 0 bridgehead atoms. The van der Waals surface area contributed by atoms with E-state index in [0.29, 0.717) is 5.56 Å². The van der Waals surface area contributed by atoms with E-state index in [9.17, 15) is 17.6 Å². The fourth-order valence-electron chi connectivity index (χ4n) is 2.04. The number of hydrogen-bond donors (Lipinski definition) is 1. The summed E-state index contributed by atoms with van der Waals surface area (Å²) >= 11 is 4.86. The molecular formula is C14H12BrF4NS. The minimum absolute atomic E-state index is 0.375. The van der Waals surface area contributed by atoms with Gasteiger partial charge in [0.1, 0.15) is 5.82 Å². The smallest absolute Gasteiger partial charge is 0.309 e. The average molecular weight is 382 g/mol. The quantitative estimate of drug-likeness (QED) is 0.712. The van der Waals surface area contributed by atoms with E-state index in [1.165, 1.54) is 17.4 Å². The van der Waals surface area contributed by atoms with Crippen LogP contribution >= 0.6 is 27.3 Å². The lowest BCUT2D eigenvalue weighted by Crippen LogP contribution is -2.18. The van der Waals surface area contributed by atoms with Crippen molar-refractivity contribution in [3.8, 4) is 0 Å². The van der Waals surface area contributed by atoms with Crippen LogP contribution in [-0.4, -0.2) is 7.05 Å². The van der Waals surface area contributed by atoms with Crippen LogP contribution in [0.1, 0.15) is 26.9 Å². The molecule has 1 heterocycles. The molecule has 1 unspecified atom stereocenters. The molecule has 1 N–H and O–H groups in total. The first-order chi connectivity index (χ1) is 9.74. The molecule has 7 heteroatoms. The van der Waals surface area contributed by atoms with Crippen molar-refractivity contribution in [3.63, 3.8) is 0 Å². The van der Waals surface area contributed by atoms with Crippen molar-refractivity contribution in [1.29, 1.82) is 0 Å². The predicted molar refractivity (Wildman–Crippen MR) is 79.1 cm³/mol. The molecule has 2 rings (SSSR count). The summed E-state index contributed by atoms with van der Waals surface area (Å²) in [6.07, 6.45) is -4.70. The third kappa shape index (κ3) is 3.46. The molecule has 1 nitrogen and oxygen atoms in total. The molecule has 21 heavy (non-hydrogen) atoms. The number of thiophene rings is 1. The Bertz CT molecular complexity index is 631. The van der Waals surface area contributed by atoms with Crippen LogP contribution in [0.15, 0.2) is 28.7 Å². The average Bonchev–Trinajstić information content (AvgIpc) is 2.71. The summed E-state index contributed by atoms with van der Waals surface area (Å²) in [6, 6.07) is 4.53. The number of hydrogen-bond acceptors (Lipinski definition) is 2. The van der Waals surface area contributed by atoms with Crippen LogP contribution < -0.4 is 5.32 Å². The Balaban J connectivity index is 2.48. The predicted octanol–water partition coefficient (Wildman–Crippen LogP) is 5.29. The zero-order valence-corrected chi connectivity index (χ0v) is 13.6. The minimum atomic E-state index is -4.70. The lowest BCUT2D eigenvalue weighted by molar-refractivity contribution is -0.140. The third-order valence-electron chi connectivity index (χ3n) is 3.08. The molecule has 0 aliphatic heterocycles. The van der Waals surface area contributed by atoms with Gasteiger partial charge in [0, 0.05) is 14.2 Å². The van der Waals surface area contributed by atoms with Gasteiger partial charge in [-0.05, 0) is 53.7 Å². The summed E-state index contributed by atoms with van der Waals surface area (Å²) in [7, 11) is 1.66. The summed E-state index contributed by atoms with van der Waals surface area (Å²) in [4.78, 5) is 1.89. The normalized spacial score (nSPS) is 13.5. The summed E-state index contributed by atoms with van der Waals surface area (Å²) < 4.78 is 52.7. The number of aryl methyl sites for hydroxylation is 1. The second-order valence-electron chi connectivity index (χ2n) is 4.51. The van der Waals surface area contributed by atoms with E-state index in [4.69, 9.17) is 0 Å². The Morgan fingerprint density at radius 3 is 2.38 bits per heavy atom. The van der Waals surface area contributed by atoms with Crippen LogP contribution in [0.25, 0.3) is 0 Å². The largest absolute Gasteiger partial charge is 0.419 e. The van der Waals surface area contributed by atoms with Gasteiger partial charge < -0.3 is 5.32 Å². The molecule has 114 valence electrons. The van der Waals surface area contributed by atoms with E-state index in [-0.39, 0.29) is 0 Å². The number of alkyl halides is 3. The maximum absolute atomic E-state index is 13.4. The van der Waals surface area contributed by atoms with Gasteiger partial charge in [0.25, 0.3) is 0 Å². The van der Waals surface area contributed by atoms with Crippen LogP contribution in [0.4, 0.5) is 17.6 Å². The second kappa shape index (κ2) is 6.06. The Kier molecular flexibility index (Phi) is 4.75. The first-order valence-corrected chi connectivity index (χ1v) is 7.64. The Hall–Kier alpha value is -0.920. The maximum Gasteiger partial charge on any atom is 0.419 e. The molecule has 0 aliphatic rings. The first kappa shape index (κ1) is 16.5. The van der Waals surface area contributed by atoms with Gasteiger partial charge in [-0.15, -0.1) is 11.3 Å². The highest BCUT2D eigenvalue weighted by atomic mass is 79.9. The summed E-state index contributed by atoms with van der Waals surface area (Å²) in [5.41, 5.74) is -0.868. The van der Waals surface area contributed by atoms with Gasteiger partial charge in [-0.1, -0.05) is 6.07 Å². The van der Waals surface area contributed by atoms with E-state index in [0.717, 1.165) is 26.4 Å². The zero-order chi connectivity index (χ0) is 15.8. The third-order valence-corrected chi connectivity index (χ3v) is 5.28. The number of nitrogens with one attached hydrogen (secondary N) is 1. The molecule has 1 aromatic carbocycles. The molecule has 2 aromatic rings. The second-order valence-corrected chi connectivity index (χ2v) is 6.65. The van der Waals surface area contributed by atoms with E-state index in [1.54, 1.807) is 7.05 Å². The van der Waals surface area contributed by atoms with Crippen molar-refractivity contribution in [3.05, 3.63) is 55.4 Å². The van der Waals surface area contributed by atoms with Crippen LogP contribution in [0.5, 0.6) is 0 Å². The van der Waals surface area contributed by atoms with Crippen molar-refractivity contribution < 1.29 is 17.6 Å². The molecule has 0 saturated carbocycles. The fraction of sp³-hybridized carbons (Fsp3) is 0.286. The van der Waals surface area contributed by atoms with Crippen molar-refractivity contribution in [1.82, 2.24) is 5.32 Å². The highest BCUT2D eigenvalue weighted by Gasteiger charge is 2.34.